The zero-order valence-corrected chi connectivity index (χ0v) is 13.3. The molecule has 1 heterocycles. The van der Waals surface area contributed by atoms with Crippen molar-refractivity contribution in [1.29, 1.82) is 0 Å². The fourth-order valence-corrected chi connectivity index (χ4v) is 3.48. The molecule has 22 heavy (non-hydrogen) atoms. The Morgan fingerprint density at radius 2 is 1.86 bits per heavy atom. The number of aromatic nitrogens is 2. The lowest BCUT2D eigenvalue weighted by molar-refractivity contribution is 0.896. The van der Waals surface area contributed by atoms with Gasteiger partial charge in [-0.25, -0.2) is 4.98 Å². The second-order valence-corrected chi connectivity index (χ2v) is 6.27. The molecule has 3 rings (SSSR count). The first-order chi connectivity index (χ1) is 10.8. The topological polar surface area (TPSA) is 45.8 Å². The molecule has 0 aliphatic carbocycles. The SMILES string of the molecule is CCCCSc1ccccc1-c1nc2ccccc2c(=O)[nH]1. The number of aromatic amines is 1. The van der Waals surface area contributed by atoms with Crippen molar-refractivity contribution in [1.82, 2.24) is 9.97 Å². The van der Waals surface area contributed by atoms with E-state index in [4.69, 9.17) is 0 Å². The van der Waals surface area contributed by atoms with Gasteiger partial charge < -0.3 is 4.98 Å². The molecule has 0 saturated heterocycles. The minimum atomic E-state index is -0.0889. The molecule has 112 valence electrons. The normalized spacial score (nSPS) is 11.0. The lowest BCUT2D eigenvalue weighted by Gasteiger charge is -2.09. The molecule has 0 radical (unpaired) electrons. The summed E-state index contributed by atoms with van der Waals surface area (Å²) in [5.74, 6) is 1.72. The van der Waals surface area contributed by atoms with Crippen LogP contribution in [-0.4, -0.2) is 15.7 Å². The lowest BCUT2D eigenvalue weighted by Crippen LogP contribution is -2.09. The van der Waals surface area contributed by atoms with Crippen LogP contribution in [0.3, 0.4) is 0 Å². The zero-order valence-electron chi connectivity index (χ0n) is 12.5. The molecule has 3 aromatic rings. The highest BCUT2D eigenvalue weighted by molar-refractivity contribution is 7.99. The number of thioether (sulfide) groups is 1. The molecule has 0 aliphatic heterocycles. The van der Waals surface area contributed by atoms with Gasteiger partial charge in [0.15, 0.2) is 0 Å². The van der Waals surface area contributed by atoms with Gasteiger partial charge in [0.05, 0.1) is 10.9 Å². The van der Waals surface area contributed by atoms with Gasteiger partial charge >= 0.3 is 0 Å². The summed E-state index contributed by atoms with van der Waals surface area (Å²) in [6, 6.07) is 15.5. The summed E-state index contributed by atoms with van der Waals surface area (Å²) in [6.45, 7) is 2.19. The van der Waals surface area contributed by atoms with Crippen molar-refractivity contribution in [2.24, 2.45) is 0 Å². The maximum Gasteiger partial charge on any atom is 0.259 e. The van der Waals surface area contributed by atoms with E-state index in [-0.39, 0.29) is 5.56 Å². The summed E-state index contributed by atoms with van der Waals surface area (Å²) >= 11 is 1.82. The number of H-pyrrole nitrogens is 1. The average Bonchev–Trinajstić information content (AvgIpc) is 2.55. The third-order valence-electron chi connectivity index (χ3n) is 3.51. The Morgan fingerprint density at radius 1 is 1.09 bits per heavy atom. The molecule has 2 aromatic carbocycles. The standard InChI is InChI=1S/C18H18N2OS/c1-2-3-12-22-16-11-7-5-9-14(16)17-19-15-10-6-4-8-13(15)18(21)20-17/h4-11H,2-3,12H2,1H3,(H,19,20,21). The molecule has 4 heteroatoms. The summed E-state index contributed by atoms with van der Waals surface area (Å²) in [5, 5.41) is 0.627. The molecule has 0 bridgehead atoms. The van der Waals surface area contributed by atoms with Crippen LogP contribution in [0.15, 0.2) is 58.2 Å². The monoisotopic (exact) mass is 310 g/mol. The number of fused-ring (bicyclic) bond motifs is 1. The van der Waals surface area contributed by atoms with Crippen LogP contribution in [0.4, 0.5) is 0 Å². The molecule has 0 atom stereocenters. The van der Waals surface area contributed by atoms with E-state index >= 15 is 0 Å². The smallest absolute Gasteiger partial charge is 0.259 e. The maximum absolute atomic E-state index is 12.2. The van der Waals surface area contributed by atoms with E-state index < -0.39 is 0 Å². The number of unbranched alkanes of at least 4 members (excludes halogenated alkanes) is 1. The van der Waals surface area contributed by atoms with E-state index in [2.05, 4.69) is 23.0 Å². The molecule has 1 aromatic heterocycles. The van der Waals surface area contributed by atoms with Gasteiger partial charge in [-0.2, -0.15) is 0 Å². The molecule has 0 saturated carbocycles. The number of para-hydroxylation sites is 1. The second kappa shape index (κ2) is 6.79. The van der Waals surface area contributed by atoms with Crippen molar-refractivity contribution in [2.75, 3.05) is 5.75 Å². The largest absolute Gasteiger partial charge is 0.306 e. The van der Waals surface area contributed by atoms with Crippen molar-refractivity contribution in [2.45, 2.75) is 24.7 Å². The summed E-state index contributed by atoms with van der Waals surface area (Å²) in [7, 11) is 0. The number of nitrogens with one attached hydrogen (secondary N) is 1. The van der Waals surface area contributed by atoms with E-state index in [1.54, 1.807) is 6.07 Å². The number of hydrogen-bond donors (Lipinski definition) is 1. The quantitative estimate of drug-likeness (QED) is 0.558. The van der Waals surface area contributed by atoms with E-state index in [0.717, 1.165) is 21.7 Å². The highest BCUT2D eigenvalue weighted by atomic mass is 32.2. The first-order valence-electron chi connectivity index (χ1n) is 7.51. The zero-order chi connectivity index (χ0) is 15.4. The second-order valence-electron chi connectivity index (χ2n) is 5.13. The first kappa shape index (κ1) is 14.9. The van der Waals surface area contributed by atoms with Crippen molar-refractivity contribution in [3.63, 3.8) is 0 Å². The van der Waals surface area contributed by atoms with Crippen molar-refractivity contribution in [3.8, 4) is 11.4 Å². The van der Waals surface area contributed by atoms with E-state index in [1.807, 2.05) is 48.2 Å². The van der Waals surface area contributed by atoms with Gasteiger partial charge in [-0.15, -0.1) is 11.8 Å². The van der Waals surface area contributed by atoms with Crippen LogP contribution in [0.2, 0.25) is 0 Å². The van der Waals surface area contributed by atoms with Gasteiger partial charge in [-0.3, -0.25) is 4.79 Å². The fourth-order valence-electron chi connectivity index (χ4n) is 2.33. The minimum absolute atomic E-state index is 0.0889. The van der Waals surface area contributed by atoms with E-state index in [9.17, 15) is 4.79 Å². The third kappa shape index (κ3) is 3.07. The van der Waals surface area contributed by atoms with E-state index in [1.165, 1.54) is 12.8 Å². The number of rotatable bonds is 5. The average molecular weight is 310 g/mol. The van der Waals surface area contributed by atoms with Crippen molar-refractivity contribution in [3.05, 3.63) is 58.9 Å². The maximum atomic E-state index is 12.2. The Morgan fingerprint density at radius 3 is 2.73 bits per heavy atom. The summed E-state index contributed by atoms with van der Waals surface area (Å²) in [6.07, 6.45) is 2.36. The van der Waals surface area contributed by atoms with Crippen LogP contribution >= 0.6 is 11.8 Å². The summed E-state index contributed by atoms with van der Waals surface area (Å²) in [4.78, 5) is 20.9. The van der Waals surface area contributed by atoms with Crippen LogP contribution in [0.25, 0.3) is 22.3 Å². The van der Waals surface area contributed by atoms with Crippen LogP contribution < -0.4 is 5.56 Å². The molecule has 3 nitrogen and oxygen atoms in total. The predicted molar refractivity (Wildman–Crippen MR) is 93.4 cm³/mol. The van der Waals surface area contributed by atoms with Gasteiger partial charge in [0.1, 0.15) is 5.82 Å². The highest BCUT2D eigenvalue weighted by Gasteiger charge is 2.09. The molecule has 0 amide bonds. The van der Waals surface area contributed by atoms with Crippen LogP contribution in [0, 0.1) is 0 Å². The highest BCUT2D eigenvalue weighted by Crippen LogP contribution is 2.30. The minimum Gasteiger partial charge on any atom is -0.306 e. The number of hydrogen-bond acceptors (Lipinski definition) is 3. The molecule has 0 fully saturated rings. The van der Waals surface area contributed by atoms with Gasteiger partial charge in [-0.05, 0) is 30.4 Å². The van der Waals surface area contributed by atoms with Crippen molar-refractivity contribution < 1.29 is 0 Å². The molecule has 0 unspecified atom stereocenters. The Kier molecular flexibility index (Phi) is 4.59. The van der Waals surface area contributed by atoms with Crippen molar-refractivity contribution >= 4 is 22.7 Å². The molecular weight excluding hydrogens is 292 g/mol. The molecule has 1 N–H and O–H groups in total. The molecule has 0 aliphatic rings. The third-order valence-corrected chi connectivity index (χ3v) is 4.67. The predicted octanol–water partition coefficient (Wildman–Crippen LogP) is 4.48. The van der Waals surface area contributed by atoms with Crippen LogP contribution in [-0.2, 0) is 0 Å². The molecule has 0 spiro atoms. The lowest BCUT2D eigenvalue weighted by atomic mass is 10.2. The van der Waals surface area contributed by atoms with Gasteiger partial charge in [0, 0.05) is 10.5 Å². The Hall–Kier alpha value is -2.07. The fraction of sp³-hybridized carbons (Fsp3) is 0.222. The Bertz CT molecular complexity index is 842. The van der Waals surface area contributed by atoms with Gasteiger partial charge in [0.2, 0.25) is 0 Å². The van der Waals surface area contributed by atoms with Crippen LogP contribution in [0.5, 0.6) is 0 Å². The van der Waals surface area contributed by atoms with E-state index in [0.29, 0.717) is 11.2 Å². The Balaban J connectivity index is 2.06. The number of nitrogens with zero attached hydrogens (tertiary/aromatic N) is 1. The van der Waals surface area contributed by atoms with Gasteiger partial charge in [0.25, 0.3) is 5.56 Å². The number of benzene rings is 2. The Labute approximate surface area is 133 Å². The van der Waals surface area contributed by atoms with Gasteiger partial charge in [-0.1, -0.05) is 43.7 Å². The first-order valence-corrected chi connectivity index (χ1v) is 8.49. The summed E-state index contributed by atoms with van der Waals surface area (Å²) in [5.41, 5.74) is 1.63. The molecular formula is C18H18N2OS. The summed E-state index contributed by atoms with van der Waals surface area (Å²) < 4.78 is 0. The van der Waals surface area contributed by atoms with Crippen LogP contribution in [0.1, 0.15) is 19.8 Å².